The minimum atomic E-state index is 0.614. The maximum Gasteiger partial charge on any atom is 0.0603 e. The van der Waals surface area contributed by atoms with Gasteiger partial charge in [0.25, 0.3) is 0 Å². The average molecular weight is 660 g/mol. The summed E-state index contributed by atoms with van der Waals surface area (Å²) in [5, 5.41) is 12.0. The van der Waals surface area contributed by atoms with E-state index in [1.54, 1.807) is 19.3 Å². The molecular formula is C43H73N5. The molecule has 3 N–H and O–H groups in total. The number of rotatable bonds is 4. The zero-order valence-corrected chi connectivity index (χ0v) is 30.7. The van der Waals surface area contributed by atoms with Gasteiger partial charge in [-0.2, -0.15) is 0 Å². The molecule has 0 spiro atoms. The molecule has 0 bridgehead atoms. The van der Waals surface area contributed by atoms with Gasteiger partial charge in [-0.05, 0) is 176 Å². The molecule has 12 unspecified atom stereocenters. The molecule has 10 rings (SSSR count). The standard InChI is InChI=1S/C43H73N5/c1-4-12-39-33(8-1)34-9-2-5-13-40(34)47(39)30-21-17-29(18-22-30)38-26-37-35-10-3-6-14-41(35)48(42(37)27-46-38)31-19-15-28(16-20-31)32-23-25-45-43-36(32)11-7-24-44-43/h28-46H,1-27H2. The van der Waals surface area contributed by atoms with Gasteiger partial charge < -0.3 is 16.0 Å². The van der Waals surface area contributed by atoms with Crippen LogP contribution in [0.25, 0.3) is 0 Å². The van der Waals surface area contributed by atoms with Gasteiger partial charge >= 0.3 is 0 Å². The number of likely N-dealkylation sites (tertiary alicyclic amines) is 2. The monoisotopic (exact) mass is 660 g/mol. The first-order valence-electron chi connectivity index (χ1n) is 22.6. The maximum atomic E-state index is 4.34. The van der Waals surface area contributed by atoms with E-state index in [4.69, 9.17) is 0 Å². The normalized spacial score (nSPS) is 53.2. The van der Waals surface area contributed by atoms with Crippen LogP contribution in [0, 0.1) is 47.3 Å². The summed E-state index contributed by atoms with van der Waals surface area (Å²) in [4.78, 5) is 6.48. The summed E-state index contributed by atoms with van der Waals surface area (Å²) in [6.07, 6.45) is 36.8. The third-order valence-corrected chi connectivity index (χ3v) is 18.0. The van der Waals surface area contributed by atoms with E-state index in [1.807, 2.05) is 0 Å². The summed E-state index contributed by atoms with van der Waals surface area (Å²) in [5.41, 5.74) is 0. The smallest absolute Gasteiger partial charge is 0.0603 e. The lowest BCUT2D eigenvalue weighted by Crippen LogP contribution is -2.59. The van der Waals surface area contributed by atoms with Gasteiger partial charge in [0.1, 0.15) is 0 Å². The van der Waals surface area contributed by atoms with Crippen molar-refractivity contribution >= 4 is 0 Å². The number of nitrogens with zero attached hydrogens (tertiary/aromatic N) is 2. The van der Waals surface area contributed by atoms with Gasteiger partial charge in [-0.25, -0.2) is 0 Å². The minimum absolute atomic E-state index is 0.614. The van der Waals surface area contributed by atoms with Crippen LogP contribution in [0.15, 0.2) is 0 Å². The Kier molecular flexibility index (Phi) is 9.45. The lowest BCUT2D eigenvalue weighted by atomic mass is 9.67. The highest BCUT2D eigenvalue weighted by Crippen LogP contribution is 2.54. The molecule has 12 atom stereocenters. The zero-order chi connectivity index (χ0) is 31.6. The fraction of sp³-hybridized carbons (Fsp3) is 1.00. The molecule has 0 aromatic rings. The maximum absolute atomic E-state index is 4.34. The molecule has 5 aliphatic carbocycles. The molecule has 0 aromatic heterocycles. The van der Waals surface area contributed by atoms with E-state index in [0.717, 1.165) is 89.6 Å². The predicted octanol–water partition coefficient (Wildman–Crippen LogP) is 7.69. The molecule has 0 radical (unpaired) electrons. The Labute approximate surface area is 294 Å². The van der Waals surface area contributed by atoms with Crippen LogP contribution in [0.1, 0.15) is 154 Å². The quantitative estimate of drug-likeness (QED) is 0.289. The Morgan fingerprint density at radius 3 is 1.52 bits per heavy atom. The van der Waals surface area contributed by atoms with Crippen LogP contribution in [-0.2, 0) is 0 Å². The van der Waals surface area contributed by atoms with Crippen molar-refractivity contribution in [3.63, 3.8) is 0 Å². The van der Waals surface area contributed by atoms with Crippen molar-refractivity contribution in [2.45, 2.75) is 203 Å². The van der Waals surface area contributed by atoms with Crippen molar-refractivity contribution < 1.29 is 0 Å². The summed E-state index contributed by atoms with van der Waals surface area (Å²) >= 11 is 0. The van der Waals surface area contributed by atoms with Crippen molar-refractivity contribution in [3.8, 4) is 0 Å². The minimum Gasteiger partial charge on any atom is -0.312 e. The topological polar surface area (TPSA) is 42.6 Å². The molecule has 0 amide bonds. The second-order valence-electron chi connectivity index (χ2n) is 19.7. The molecule has 270 valence electrons. The molecule has 5 nitrogen and oxygen atoms in total. The van der Waals surface area contributed by atoms with E-state index in [-0.39, 0.29) is 0 Å². The van der Waals surface area contributed by atoms with E-state index in [2.05, 4.69) is 25.8 Å². The SMILES string of the molecule is C1CNC2NCCC(C3CCC(N4C5CCCCC5C5CC(C6CCC(N7C8CCCCC8C8CCCCC87)CC6)NCC54)CC3)C2C1. The Balaban J connectivity index is 0.774. The lowest BCUT2D eigenvalue weighted by Gasteiger charge is -2.49. The summed E-state index contributed by atoms with van der Waals surface area (Å²) in [5.74, 6) is 7.94. The van der Waals surface area contributed by atoms with E-state index >= 15 is 0 Å². The highest BCUT2D eigenvalue weighted by atomic mass is 15.3. The predicted molar refractivity (Wildman–Crippen MR) is 197 cm³/mol. The lowest BCUT2D eigenvalue weighted by molar-refractivity contribution is 0.0193. The van der Waals surface area contributed by atoms with Crippen LogP contribution in [0.3, 0.4) is 0 Å². The summed E-state index contributed by atoms with van der Waals surface area (Å²) in [6, 6.07) is 6.29. The van der Waals surface area contributed by atoms with Crippen LogP contribution in [0.5, 0.6) is 0 Å². The van der Waals surface area contributed by atoms with Crippen molar-refractivity contribution in [1.29, 1.82) is 0 Å². The highest BCUT2D eigenvalue weighted by molar-refractivity contribution is 5.10. The van der Waals surface area contributed by atoms with Crippen LogP contribution in [0.4, 0.5) is 0 Å². The van der Waals surface area contributed by atoms with Gasteiger partial charge in [0.2, 0.25) is 0 Å². The van der Waals surface area contributed by atoms with Crippen molar-refractivity contribution in [3.05, 3.63) is 0 Å². The third-order valence-electron chi connectivity index (χ3n) is 18.0. The molecule has 48 heavy (non-hydrogen) atoms. The second kappa shape index (κ2) is 14.0. The molecule has 5 saturated carbocycles. The Hall–Kier alpha value is -0.200. The Bertz CT molecular complexity index is 1060. The molecule has 10 fully saturated rings. The molecule has 5 saturated heterocycles. The first-order chi connectivity index (χ1) is 23.8. The van der Waals surface area contributed by atoms with E-state index < -0.39 is 0 Å². The second-order valence-corrected chi connectivity index (χ2v) is 19.7. The van der Waals surface area contributed by atoms with Gasteiger partial charge in [-0.15, -0.1) is 0 Å². The van der Waals surface area contributed by atoms with Crippen LogP contribution < -0.4 is 16.0 Å². The van der Waals surface area contributed by atoms with E-state index in [0.29, 0.717) is 6.17 Å². The van der Waals surface area contributed by atoms with Crippen LogP contribution in [0.2, 0.25) is 0 Å². The Morgan fingerprint density at radius 1 is 0.354 bits per heavy atom. The molecule has 5 aliphatic heterocycles. The summed E-state index contributed by atoms with van der Waals surface area (Å²) in [6.45, 7) is 3.78. The molecule has 5 heterocycles. The van der Waals surface area contributed by atoms with Gasteiger partial charge in [0.05, 0.1) is 6.17 Å². The molecule has 0 aromatic carbocycles. The molecule has 10 aliphatic rings. The van der Waals surface area contributed by atoms with E-state index in [9.17, 15) is 0 Å². The largest absolute Gasteiger partial charge is 0.312 e. The third kappa shape index (κ3) is 5.72. The van der Waals surface area contributed by atoms with Gasteiger partial charge in [-0.1, -0.05) is 38.5 Å². The first-order valence-corrected chi connectivity index (χ1v) is 22.6. The van der Waals surface area contributed by atoms with Crippen molar-refractivity contribution in [1.82, 2.24) is 25.8 Å². The fourth-order valence-electron chi connectivity index (χ4n) is 16.1. The number of hydrogen-bond donors (Lipinski definition) is 3. The average Bonchev–Trinajstić information content (AvgIpc) is 3.67. The highest BCUT2D eigenvalue weighted by Gasteiger charge is 2.55. The molecular weight excluding hydrogens is 587 g/mol. The fourth-order valence-corrected chi connectivity index (χ4v) is 16.1. The number of piperidine rings is 3. The van der Waals surface area contributed by atoms with Crippen molar-refractivity contribution in [2.24, 2.45) is 47.3 Å². The van der Waals surface area contributed by atoms with Gasteiger partial charge in [-0.3, -0.25) is 9.80 Å². The van der Waals surface area contributed by atoms with Crippen LogP contribution >= 0.6 is 0 Å². The Morgan fingerprint density at radius 2 is 0.875 bits per heavy atom. The van der Waals surface area contributed by atoms with Crippen LogP contribution in [-0.4, -0.2) is 77.9 Å². The van der Waals surface area contributed by atoms with Gasteiger partial charge in [0, 0.05) is 48.8 Å². The summed E-state index contributed by atoms with van der Waals surface area (Å²) in [7, 11) is 0. The van der Waals surface area contributed by atoms with Crippen molar-refractivity contribution in [2.75, 3.05) is 19.6 Å². The number of hydrogen-bond acceptors (Lipinski definition) is 5. The number of nitrogens with one attached hydrogen (secondary N) is 3. The number of fused-ring (bicyclic) bond motifs is 7. The summed E-state index contributed by atoms with van der Waals surface area (Å²) < 4.78 is 0. The van der Waals surface area contributed by atoms with Gasteiger partial charge in [0.15, 0.2) is 0 Å². The molecule has 5 heteroatoms. The first kappa shape index (κ1) is 32.5. The zero-order valence-electron chi connectivity index (χ0n) is 30.7. The van der Waals surface area contributed by atoms with E-state index in [1.165, 1.54) is 154 Å².